The normalized spacial score (nSPS) is 11.0. The van der Waals surface area contributed by atoms with Crippen LogP contribution in [0.4, 0.5) is 0 Å². The summed E-state index contributed by atoms with van der Waals surface area (Å²) < 4.78 is 1.53. The van der Waals surface area contributed by atoms with E-state index in [9.17, 15) is 9.59 Å². The SMILES string of the molecule is Cc1sc2ncn(Cc3cccc(C(=O)O)c3)c(=O)c2c1-c1ccccc1. The Labute approximate surface area is 159 Å². The molecule has 0 saturated heterocycles. The molecule has 2 aromatic carbocycles. The number of carbonyl (C=O) groups is 1. The number of aryl methyl sites for hydroxylation is 1. The second kappa shape index (κ2) is 6.81. The number of fused-ring (bicyclic) bond motifs is 1. The fourth-order valence-corrected chi connectivity index (χ4v) is 4.21. The number of nitrogens with zero attached hydrogens (tertiary/aromatic N) is 2. The molecule has 0 radical (unpaired) electrons. The standard InChI is InChI=1S/C21H16N2O3S/c1-13-17(15-7-3-2-4-8-15)18-19(27-13)22-12-23(20(18)24)11-14-6-5-9-16(10-14)21(25)26/h2-10,12H,11H2,1H3,(H,25,26). The summed E-state index contributed by atoms with van der Waals surface area (Å²) in [6.45, 7) is 2.26. The topological polar surface area (TPSA) is 72.2 Å². The van der Waals surface area contributed by atoms with Crippen LogP contribution in [0, 0.1) is 6.92 Å². The molecular formula is C21H16N2O3S. The van der Waals surface area contributed by atoms with Gasteiger partial charge in [0.1, 0.15) is 4.83 Å². The highest BCUT2D eigenvalue weighted by molar-refractivity contribution is 7.19. The summed E-state index contributed by atoms with van der Waals surface area (Å²) in [5.74, 6) is -0.988. The van der Waals surface area contributed by atoms with E-state index in [1.165, 1.54) is 28.3 Å². The number of carboxylic acid groups (broad SMARTS) is 1. The summed E-state index contributed by atoms with van der Waals surface area (Å²) in [6, 6.07) is 16.4. The number of aromatic nitrogens is 2. The molecule has 2 aromatic heterocycles. The Morgan fingerprint density at radius 2 is 1.93 bits per heavy atom. The Morgan fingerprint density at radius 1 is 1.15 bits per heavy atom. The lowest BCUT2D eigenvalue weighted by molar-refractivity contribution is 0.0696. The summed E-state index contributed by atoms with van der Waals surface area (Å²) in [5.41, 5.74) is 2.73. The van der Waals surface area contributed by atoms with Gasteiger partial charge in [-0.3, -0.25) is 9.36 Å². The van der Waals surface area contributed by atoms with Crippen molar-refractivity contribution in [1.29, 1.82) is 0 Å². The van der Waals surface area contributed by atoms with Crippen LogP contribution in [0.2, 0.25) is 0 Å². The Kier molecular flexibility index (Phi) is 4.33. The van der Waals surface area contributed by atoms with Gasteiger partial charge in [-0.05, 0) is 30.2 Å². The molecule has 0 unspecified atom stereocenters. The van der Waals surface area contributed by atoms with Gasteiger partial charge in [0.2, 0.25) is 0 Å². The van der Waals surface area contributed by atoms with Crippen molar-refractivity contribution < 1.29 is 9.90 Å². The first-order chi connectivity index (χ1) is 13.0. The maximum Gasteiger partial charge on any atom is 0.335 e. The third-order valence-corrected chi connectivity index (χ3v) is 5.46. The molecule has 0 saturated carbocycles. The minimum absolute atomic E-state index is 0.121. The number of thiophene rings is 1. The smallest absolute Gasteiger partial charge is 0.335 e. The molecule has 0 amide bonds. The van der Waals surface area contributed by atoms with Crippen LogP contribution in [0.25, 0.3) is 21.3 Å². The predicted octanol–water partition coefficient (Wildman–Crippen LogP) is 4.18. The first-order valence-electron chi connectivity index (χ1n) is 8.41. The predicted molar refractivity (Wildman–Crippen MR) is 107 cm³/mol. The van der Waals surface area contributed by atoms with Gasteiger partial charge in [-0.25, -0.2) is 9.78 Å². The molecule has 0 atom stereocenters. The van der Waals surface area contributed by atoms with Crippen molar-refractivity contribution >= 4 is 27.5 Å². The van der Waals surface area contributed by atoms with E-state index in [1.54, 1.807) is 18.2 Å². The maximum absolute atomic E-state index is 13.2. The lowest BCUT2D eigenvalue weighted by atomic mass is 10.0. The first-order valence-corrected chi connectivity index (χ1v) is 9.22. The molecule has 0 aliphatic heterocycles. The summed E-state index contributed by atoms with van der Waals surface area (Å²) in [4.78, 5) is 30.6. The van der Waals surface area contributed by atoms with Crippen molar-refractivity contribution in [3.63, 3.8) is 0 Å². The van der Waals surface area contributed by atoms with Crippen LogP contribution in [-0.4, -0.2) is 20.6 Å². The lowest BCUT2D eigenvalue weighted by Gasteiger charge is -2.07. The average Bonchev–Trinajstić information content (AvgIpc) is 3.02. The van der Waals surface area contributed by atoms with Crippen molar-refractivity contribution in [1.82, 2.24) is 9.55 Å². The van der Waals surface area contributed by atoms with Gasteiger partial charge in [0, 0.05) is 10.4 Å². The number of aromatic carboxylic acids is 1. The van der Waals surface area contributed by atoms with Gasteiger partial charge in [-0.2, -0.15) is 0 Å². The monoisotopic (exact) mass is 376 g/mol. The maximum atomic E-state index is 13.2. The van der Waals surface area contributed by atoms with E-state index >= 15 is 0 Å². The lowest BCUT2D eigenvalue weighted by Crippen LogP contribution is -2.21. The number of rotatable bonds is 4. The molecule has 1 N–H and O–H groups in total. The van der Waals surface area contributed by atoms with Gasteiger partial charge < -0.3 is 5.11 Å². The summed E-state index contributed by atoms with van der Waals surface area (Å²) in [5, 5.41) is 9.77. The molecule has 0 aliphatic rings. The highest BCUT2D eigenvalue weighted by Crippen LogP contribution is 2.35. The molecule has 4 rings (SSSR count). The van der Waals surface area contributed by atoms with Gasteiger partial charge in [0.15, 0.2) is 0 Å². The van der Waals surface area contributed by atoms with Gasteiger partial charge >= 0.3 is 5.97 Å². The van der Waals surface area contributed by atoms with E-state index in [0.29, 0.717) is 10.2 Å². The molecule has 134 valence electrons. The highest BCUT2D eigenvalue weighted by Gasteiger charge is 2.17. The van der Waals surface area contributed by atoms with Gasteiger partial charge in [0.25, 0.3) is 5.56 Å². The average molecular weight is 376 g/mol. The first kappa shape index (κ1) is 17.2. The third kappa shape index (κ3) is 3.15. The molecule has 2 heterocycles. The molecular weight excluding hydrogens is 360 g/mol. The molecule has 4 aromatic rings. The zero-order valence-corrected chi connectivity index (χ0v) is 15.4. The number of hydrogen-bond acceptors (Lipinski definition) is 4. The van der Waals surface area contributed by atoms with E-state index in [-0.39, 0.29) is 17.7 Å². The molecule has 6 heteroatoms. The zero-order valence-electron chi connectivity index (χ0n) is 14.5. The van der Waals surface area contributed by atoms with Gasteiger partial charge in [-0.15, -0.1) is 11.3 Å². The molecule has 0 bridgehead atoms. The Balaban J connectivity index is 1.84. The molecule has 5 nitrogen and oxygen atoms in total. The van der Waals surface area contributed by atoms with Gasteiger partial charge in [-0.1, -0.05) is 42.5 Å². The highest BCUT2D eigenvalue weighted by atomic mass is 32.1. The quantitative estimate of drug-likeness (QED) is 0.580. The summed E-state index contributed by atoms with van der Waals surface area (Å²) >= 11 is 1.51. The van der Waals surface area contributed by atoms with E-state index < -0.39 is 5.97 Å². The Bertz CT molecular complexity index is 1210. The van der Waals surface area contributed by atoms with Crippen molar-refractivity contribution in [3.8, 4) is 11.1 Å². The van der Waals surface area contributed by atoms with Crippen LogP contribution < -0.4 is 5.56 Å². The van der Waals surface area contributed by atoms with Gasteiger partial charge in [0.05, 0.1) is 23.8 Å². The molecule has 0 spiro atoms. The Morgan fingerprint density at radius 3 is 2.67 bits per heavy atom. The van der Waals surface area contributed by atoms with Crippen LogP contribution in [0.5, 0.6) is 0 Å². The van der Waals surface area contributed by atoms with Crippen molar-refractivity contribution in [2.24, 2.45) is 0 Å². The molecule has 0 aliphatic carbocycles. The van der Waals surface area contributed by atoms with Crippen LogP contribution in [-0.2, 0) is 6.54 Å². The number of hydrogen-bond donors (Lipinski definition) is 1. The van der Waals surface area contributed by atoms with Crippen molar-refractivity contribution in [2.75, 3.05) is 0 Å². The van der Waals surface area contributed by atoms with Crippen LogP contribution in [0.3, 0.4) is 0 Å². The number of benzene rings is 2. The van der Waals surface area contributed by atoms with Crippen LogP contribution >= 0.6 is 11.3 Å². The second-order valence-electron chi connectivity index (χ2n) is 6.26. The fourth-order valence-electron chi connectivity index (χ4n) is 3.20. The minimum atomic E-state index is -0.988. The van der Waals surface area contributed by atoms with Crippen LogP contribution in [0.1, 0.15) is 20.8 Å². The van der Waals surface area contributed by atoms with E-state index in [0.717, 1.165) is 21.6 Å². The molecule has 27 heavy (non-hydrogen) atoms. The minimum Gasteiger partial charge on any atom is -0.478 e. The van der Waals surface area contributed by atoms with Crippen molar-refractivity contribution in [2.45, 2.75) is 13.5 Å². The molecule has 0 fully saturated rings. The largest absolute Gasteiger partial charge is 0.478 e. The van der Waals surface area contributed by atoms with E-state index in [2.05, 4.69) is 4.98 Å². The van der Waals surface area contributed by atoms with E-state index in [1.807, 2.05) is 37.3 Å². The second-order valence-corrected chi connectivity index (χ2v) is 7.47. The van der Waals surface area contributed by atoms with Crippen LogP contribution in [0.15, 0.2) is 65.7 Å². The summed E-state index contributed by atoms with van der Waals surface area (Å²) in [6.07, 6.45) is 1.53. The van der Waals surface area contributed by atoms with E-state index in [4.69, 9.17) is 5.11 Å². The summed E-state index contributed by atoms with van der Waals surface area (Å²) in [7, 11) is 0. The Hall–Kier alpha value is -3.25. The third-order valence-electron chi connectivity index (χ3n) is 4.44. The number of carboxylic acids is 1. The van der Waals surface area contributed by atoms with Crippen molar-refractivity contribution in [3.05, 3.63) is 87.3 Å². The zero-order chi connectivity index (χ0) is 19.0. The fraction of sp³-hybridized carbons (Fsp3) is 0.0952.